The molecule has 0 aromatic carbocycles. The maximum Gasteiger partial charge on any atom is 0.224 e. The molecule has 1 saturated heterocycles. The van der Waals surface area contributed by atoms with Gasteiger partial charge in [0.25, 0.3) is 0 Å². The van der Waals surface area contributed by atoms with Gasteiger partial charge in [-0.2, -0.15) is 11.8 Å². The molecule has 2 N–H and O–H groups in total. The molecule has 0 spiro atoms. The maximum absolute atomic E-state index is 11.8. The predicted molar refractivity (Wildman–Crippen MR) is 61.8 cm³/mol. The zero-order valence-electron chi connectivity index (χ0n) is 8.95. The zero-order valence-corrected chi connectivity index (χ0v) is 9.76. The number of rotatable bonds is 2. The molecule has 2 aliphatic rings. The van der Waals surface area contributed by atoms with Crippen molar-refractivity contribution in [3.8, 4) is 0 Å². The van der Waals surface area contributed by atoms with Crippen molar-refractivity contribution in [2.75, 3.05) is 11.5 Å². The van der Waals surface area contributed by atoms with E-state index in [1.54, 1.807) is 0 Å². The average molecular weight is 229 g/mol. The molecule has 4 heteroatoms. The number of aliphatic hydroxyl groups excluding tert-OH is 1. The van der Waals surface area contributed by atoms with Gasteiger partial charge in [-0.3, -0.25) is 4.79 Å². The second-order valence-electron chi connectivity index (χ2n) is 4.57. The van der Waals surface area contributed by atoms with Gasteiger partial charge in [-0.1, -0.05) is 0 Å². The highest BCUT2D eigenvalue weighted by Crippen LogP contribution is 2.24. The predicted octanol–water partition coefficient (Wildman–Crippen LogP) is 1.16. The Balaban J connectivity index is 1.74. The number of carbonyl (C=O) groups is 1. The lowest BCUT2D eigenvalue weighted by molar-refractivity contribution is -0.125. The summed E-state index contributed by atoms with van der Waals surface area (Å²) in [5.74, 6) is 2.59. The molecular formula is C11H19NO2S. The molecule has 0 aromatic heterocycles. The molecule has 86 valence electrons. The third kappa shape index (κ3) is 3.11. The molecule has 2 rings (SSSR count). The van der Waals surface area contributed by atoms with Crippen LogP contribution >= 0.6 is 11.8 Å². The van der Waals surface area contributed by atoms with E-state index in [-0.39, 0.29) is 17.9 Å². The van der Waals surface area contributed by atoms with Crippen LogP contribution in [0, 0.1) is 5.92 Å². The molecule has 1 heterocycles. The Bertz CT molecular complexity index is 221. The fourth-order valence-electron chi connectivity index (χ4n) is 2.28. The summed E-state index contributed by atoms with van der Waals surface area (Å²) in [6, 6.07) is 0.312. The first kappa shape index (κ1) is 11.3. The molecule has 3 nitrogen and oxygen atoms in total. The number of amides is 1. The van der Waals surface area contributed by atoms with Crippen LogP contribution in [0.5, 0.6) is 0 Å². The molecule has 0 aromatic rings. The van der Waals surface area contributed by atoms with Gasteiger partial charge in [0.05, 0.1) is 6.10 Å². The molecule has 1 aliphatic heterocycles. The molecule has 1 aliphatic carbocycles. The first-order valence-corrected chi connectivity index (χ1v) is 6.97. The number of thioether (sulfide) groups is 1. The van der Waals surface area contributed by atoms with Gasteiger partial charge in [0, 0.05) is 17.7 Å². The summed E-state index contributed by atoms with van der Waals surface area (Å²) < 4.78 is 0. The Kier molecular flexibility index (Phi) is 3.92. The van der Waals surface area contributed by atoms with Gasteiger partial charge in [0.2, 0.25) is 5.91 Å². The van der Waals surface area contributed by atoms with Crippen molar-refractivity contribution in [2.24, 2.45) is 5.92 Å². The normalized spacial score (nSPS) is 36.5. The summed E-state index contributed by atoms with van der Waals surface area (Å²) in [6.45, 7) is 0. The van der Waals surface area contributed by atoms with E-state index in [1.807, 2.05) is 11.8 Å². The summed E-state index contributed by atoms with van der Waals surface area (Å²) in [6.07, 6.45) is 4.44. The van der Waals surface area contributed by atoms with Gasteiger partial charge in [0.1, 0.15) is 0 Å². The van der Waals surface area contributed by atoms with Crippen LogP contribution in [0.2, 0.25) is 0 Å². The van der Waals surface area contributed by atoms with Crippen molar-refractivity contribution in [3.63, 3.8) is 0 Å². The molecule has 1 saturated carbocycles. The Labute approximate surface area is 95.0 Å². The zero-order chi connectivity index (χ0) is 10.7. The fourth-order valence-corrected chi connectivity index (χ4v) is 3.50. The minimum Gasteiger partial charge on any atom is -0.393 e. The van der Waals surface area contributed by atoms with E-state index in [9.17, 15) is 9.90 Å². The number of nitrogens with one attached hydrogen (secondary N) is 1. The molecular weight excluding hydrogens is 210 g/mol. The first-order chi connectivity index (χ1) is 7.25. The average Bonchev–Trinajstić information content (AvgIpc) is 2.74. The fraction of sp³-hybridized carbons (Fsp3) is 0.909. The summed E-state index contributed by atoms with van der Waals surface area (Å²) in [5, 5.41) is 12.5. The van der Waals surface area contributed by atoms with Crippen molar-refractivity contribution in [3.05, 3.63) is 0 Å². The smallest absolute Gasteiger partial charge is 0.224 e. The topological polar surface area (TPSA) is 49.3 Å². The van der Waals surface area contributed by atoms with Crippen LogP contribution < -0.4 is 5.32 Å². The third-order valence-corrected chi connectivity index (χ3v) is 4.51. The molecule has 1 atom stereocenters. The number of hydrogen-bond donors (Lipinski definition) is 2. The maximum atomic E-state index is 11.8. The van der Waals surface area contributed by atoms with Crippen LogP contribution in [0.4, 0.5) is 0 Å². The van der Waals surface area contributed by atoms with E-state index in [0.717, 1.165) is 43.6 Å². The lowest BCUT2D eigenvalue weighted by Gasteiger charge is -2.27. The number of carbonyl (C=O) groups excluding carboxylic acids is 1. The van der Waals surface area contributed by atoms with Crippen LogP contribution in [0.3, 0.4) is 0 Å². The van der Waals surface area contributed by atoms with Crippen molar-refractivity contribution in [1.29, 1.82) is 0 Å². The van der Waals surface area contributed by atoms with Crippen molar-refractivity contribution in [1.82, 2.24) is 5.32 Å². The minimum absolute atomic E-state index is 0.139. The molecule has 1 unspecified atom stereocenters. The van der Waals surface area contributed by atoms with Gasteiger partial charge >= 0.3 is 0 Å². The molecule has 0 bridgehead atoms. The van der Waals surface area contributed by atoms with Crippen molar-refractivity contribution in [2.45, 2.75) is 44.2 Å². The van der Waals surface area contributed by atoms with Gasteiger partial charge in [-0.05, 0) is 37.9 Å². The Morgan fingerprint density at radius 2 is 1.93 bits per heavy atom. The van der Waals surface area contributed by atoms with Crippen LogP contribution in [0.25, 0.3) is 0 Å². The summed E-state index contributed by atoms with van der Waals surface area (Å²) in [7, 11) is 0. The number of aliphatic hydroxyl groups is 1. The Hall–Kier alpha value is -0.220. The lowest BCUT2D eigenvalue weighted by atomic mass is 9.92. The second kappa shape index (κ2) is 5.21. The summed E-state index contributed by atoms with van der Waals surface area (Å²) in [5.41, 5.74) is 0. The third-order valence-electron chi connectivity index (χ3n) is 3.34. The van der Waals surface area contributed by atoms with E-state index in [2.05, 4.69) is 5.32 Å². The van der Waals surface area contributed by atoms with Crippen molar-refractivity contribution >= 4 is 17.7 Å². The van der Waals surface area contributed by atoms with Crippen LogP contribution in [0.15, 0.2) is 0 Å². The molecule has 1 amide bonds. The largest absolute Gasteiger partial charge is 0.393 e. The standard InChI is InChI=1S/C11H19NO2S/c13-10-3-1-9(2-4-10)12-11(14)8-5-6-15-7-8/h8-10,13H,1-7H2,(H,12,14). The van der Waals surface area contributed by atoms with Crippen LogP contribution in [0.1, 0.15) is 32.1 Å². The lowest BCUT2D eigenvalue weighted by Crippen LogP contribution is -2.41. The summed E-state index contributed by atoms with van der Waals surface area (Å²) in [4.78, 5) is 11.8. The number of hydrogen-bond acceptors (Lipinski definition) is 3. The quantitative estimate of drug-likeness (QED) is 0.747. The Morgan fingerprint density at radius 3 is 2.53 bits per heavy atom. The second-order valence-corrected chi connectivity index (χ2v) is 5.72. The van der Waals surface area contributed by atoms with Gasteiger partial charge in [-0.15, -0.1) is 0 Å². The van der Waals surface area contributed by atoms with Crippen molar-refractivity contribution < 1.29 is 9.90 Å². The van der Waals surface area contributed by atoms with Gasteiger partial charge in [0.15, 0.2) is 0 Å². The molecule has 15 heavy (non-hydrogen) atoms. The highest BCUT2D eigenvalue weighted by atomic mass is 32.2. The van der Waals surface area contributed by atoms with Crippen LogP contribution in [-0.4, -0.2) is 34.7 Å². The highest BCUT2D eigenvalue weighted by molar-refractivity contribution is 7.99. The molecule has 2 fully saturated rings. The monoisotopic (exact) mass is 229 g/mol. The summed E-state index contributed by atoms with van der Waals surface area (Å²) >= 11 is 1.87. The van der Waals surface area contributed by atoms with E-state index >= 15 is 0 Å². The highest BCUT2D eigenvalue weighted by Gasteiger charge is 2.26. The SMILES string of the molecule is O=C(NC1CCC(O)CC1)C1CCSC1. The van der Waals surface area contributed by atoms with E-state index < -0.39 is 0 Å². The van der Waals surface area contributed by atoms with E-state index in [1.165, 1.54) is 0 Å². The molecule has 0 radical (unpaired) electrons. The van der Waals surface area contributed by atoms with E-state index in [4.69, 9.17) is 0 Å². The van der Waals surface area contributed by atoms with Crippen LogP contribution in [-0.2, 0) is 4.79 Å². The minimum atomic E-state index is -0.139. The first-order valence-electron chi connectivity index (χ1n) is 5.82. The Morgan fingerprint density at radius 1 is 1.20 bits per heavy atom. The van der Waals surface area contributed by atoms with Gasteiger partial charge in [-0.25, -0.2) is 0 Å². The van der Waals surface area contributed by atoms with Gasteiger partial charge < -0.3 is 10.4 Å². The van der Waals surface area contributed by atoms with E-state index in [0.29, 0.717) is 6.04 Å².